The van der Waals surface area contributed by atoms with Crippen LogP contribution in [0.1, 0.15) is 44.8 Å². The number of imidazole rings is 1. The van der Waals surface area contributed by atoms with Gasteiger partial charge in [0, 0.05) is 18.8 Å². The van der Waals surface area contributed by atoms with E-state index >= 15 is 0 Å². The lowest BCUT2D eigenvalue weighted by Gasteiger charge is -2.08. The minimum Gasteiger partial charge on any atom is -0.330 e. The summed E-state index contributed by atoms with van der Waals surface area (Å²) in [5.41, 5.74) is 1.94. The Morgan fingerprint density at radius 3 is 2.88 bits per heavy atom. The molecule has 3 nitrogen and oxygen atoms in total. The van der Waals surface area contributed by atoms with Crippen LogP contribution in [0.3, 0.4) is 0 Å². The summed E-state index contributed by atoms with van der Waals surface area (Å²) in [5, 5.41) is 3.57. The third kappa shape index (κ3) is 2.01. The van der Waals surface area contributed by atoms with E-state index in [2.05, 4.69) is 28.7 Å². The SMILES string of the molecule is CC1(C)CC1CNCc1cncn1C1CC1. The third-order valence-corrected chi connectivity index (χ3v) is 4.10. The molecular formula is C13H21N3. The number of rotatable bonds is 5. The molecule has 1 N–H and O–H groups in total. The first-order valence-corrected chi connectivity index (χ1v) is 6.38. The zero-order chi connectivity index (χ0) is 11.2. The third-order valence-electron chi connectivity index (χ3n) is 4.10. The number of aromatic nitrogens is 2. The van der Waals surface area contributed by atoms with Crippen LogP contribution in [0.2, 0.25) is 0 Å². The van der Waals surface area contributed by atoms with Crippen LogP contribution in [0.25, 0.3) is 0 Å². The van der Waals surface area contributed by atoms with Gasteiger partial charge >= 0.3 is 0 Å². The average Bonchev–Trinajstić information content (AvgIpc) is 3.11. The maximum Gasteiger partial charge on any atom is 0.0951 e. The van der Waals surface area contributed by atoms with Crippen molar-refractivity contribution < 1.29 is 0 Å². The van der Waals surface area contributed by atoms with Crippen molar-refractivity contribution in [1.82, 2.24) is 14.9 Å². The van der Waals surface area contributed by atoms with Crippen molar-refractivity contribution in [3.05, 3.63) is 18.2 Å². The molecule has 0 amide bonds. The van der Waals surface area contributed by atoms with Gasteiger partial charge in [-0.1, -0.05) is 13.8 Å². The molecule has 0 aromatic carbocycles. The van der Waals surface area contributed by atoms with Gasteiger partial charge in [0.05, 0.1) is 12.0 Å². The van der Waals surface area contributed by atoms with Crippen molar-refractivity contribution in [3.63, 3.8) is 0 Å². The Labute approximate surface area is 97.3 Å². The maximum atomic E-state index is 4.25. The van der Waals surface area contributed by atoms with Gasteiger partial charge in [-0.15, -0.1) is 0 Å². The van der Waals surface area contributed by atoms with Crippen molar-refractivity contribution in [1.29, 1.82) is 0 Å². The highest BCUT2D eigenvalue weighted by Crippen LogP contribution is 2.51. The van der Waals surface area contributed by atoms with E-state index in [9.17, 15) is 0 Å². The van der Waals surface area contributed by atoms with Gasteiger partial charge in [-0.3, -0.25) is 0 Å². The molecule has 0 saturated heterocycles. The first kappa shape index (κ1) is 10.3. The second kappa shape index (κ2) is 3.59. The summed E-state index contributed by atoms with van der Waals surface area (Å²) < 4.78 is 2.34. The molecule has 3 heteroatoms. The molecule has 0 aliphatic heterocycles. The molecular weight excluding hydrogens is 198 g/mol. The van der Waals surface area contributed by atoms with Gasteiger partial charge in [-0.2, -0.15) is 0 Å². The summed E-state index contributed by atoms with van der Waals surface area (Å²) in [6.07, 6.45) is 8.03. The van der Waals surface area contributed by atoms with E-state index in [4.69, 9.17) is 0 Å². The molecule has 0 radical (unpaired) electrons. The highest BCUT2D eigenvalue weighted by molar-refractivity contribution is 5.04. The molecule has 2 aliphatic rings. The predicted octanol–water partition coefficient (Wildman–Crippen LogP) is 2.35. The zero-order valence-corrected chi connectivity index (χ0v) is 10.2. The second-order valence-corrected chi connectivity index (χ2v) is 6.04. The first-order valence-electron chi connectivity index (χ1n) is 6.38. The Balaban J connectivity index is 1.49. The predicted molar refractivity (Wildman–Crippen MR) is 64.1 cm³/mol. The average molecular weight is 219 g/mol. The number of hydrogen-bond acceptors (Lipinski definition) is 2. The van der Waals surface area contributed by atoms with E-state index in [-0.39, 0.29) is 0 Å². The molecule has 2 fully saturated rings. The molecule has 3 rings (SSSR count). The molecule has 88 valence electrons. The van der Waals surface area contributed by atoms with Gasteiger partial charge in [0.25, 0.3) is 0 Å². The van der Waals surface area contributed by atoms with Crippen molar-refractivity contribution >= 4 is 0 Å². The van der Waals surface area contributed by atoms with Crippen molar-refractivity contribution in [3.8, 4) is 0 Å². The van der Waals surface area contributed by atoms with Gasteiger partial charge in [0.2, 0.25) is 0 Å². The van der Waals surface area contributed by atoms with Crippen LogP contribution in [-0.2, 0) is 6.54 Å². The lowest BCUT2D eigenvalue weighted by molar-refractivity contribution is 0.511. The van der Waals surface area contributed by atoms with Crippen LogP contribution in [0.15, 0.2) is 12.5 Å². The summed E-state index contributed by atoms with van der Waals surface area (Å²) >= 11 is 0. The van der Waals surface area contributed by atoms with Gasteiger partial charge in [-0.25, -0.2) is 4.98 Å². The van der Waals surface area contributed by atoms with Crippen LogP contribution >= 0.6 is 0 Å². The van der Waals surface area contributed by atoms with E-state index in [1.54, 1.807) is 0 Å². The number of nitrogens with one attached hydrogen (secondary N) is 1. The number of hydrogen-bond donors (Lipinski definition) is 1. The highest BCUT2D eigenvalue weighted by Gasteiger charge is 2.44. The molecule has 1 aromatic heterocycles. The molecule has 2 aliphatic carbocycles. The molecule has 0 spiro atoms. The molecule has 16 heavy (non-hydrogen) atoms. The monoisotopic (exact) mass is 219 g/mol. The first-order chi connectivity index (χ1) is 7.67. The molecule has 1 heterocycles. The van der Waals surface area contributed by atoms with Crippen molar-refractivity contribution in [2.24, 2.45) is 11.3 Å². The fourth-order valence-electron chi connectivity index (χ4n) is 2.45. The number of nitrogens with zero attached hydrogens (tertiary/aromatic N) is 2. The lowest BCUT2D eigenvalue weighted by Crippen LogP contribution is -2.19. The molecule has 0 bridgehead atoms. The van der Waals surface area contributed by atoms with Crippen LogP contribution in [0.4, 0.5) is 0 Å². The van der Waals surface area contributed by atoms with Gasteiger partial charge < -0.3 is 9.88 Å². The Morgan fingerprint density at radius 2 is 2.25 bits per heavy atom. The fourth-order valence-corrected chi connectivity index (χ4v) is 2.45. The largest absolute Gasteiger partial charge is 0.330 e. The van der Waals surface area contributed by atoms with E-state index in [0.717, 1.165) is 25.0 Å². The Kier molecular flexibility index (Phi) is 2.32. The summed E-state index contributed by atoms with van der Waals surface area (Å²) in [7, 11) is 0. The quantitative estimate of drug-likeness (QED) is 0.824. The minimum atomic E-state index is 0.587. The van der Waals surface area contributed by atoms with Gasteiger partial charge in [-0.05, 0) is 37.1 Å². The standard InChI is InChI=1S/C13H21N3/c1-13(2)5-10(13)6-14-7-12-8-15-9-16(12)11-3-4-11/h8-11,14H,3-7H2,1-2H3. The van der Waals surface area contributed by atoms with Crippen LogP contribution in [-0.4, -0.2) is 16.1 Å². The normalized spacial score (nSPS) is 27.0. The van der Waals surface area contributed by atoms with Crippen molar-refractivity contribution in [2.75, 3.05) is 6.54 Å². The topological polar surface area (TPSA) is 29.9 Å². The Morgan fingerprint density at radius 1 is 1.50 bits per heavy atom. The molecule has 1 atom stereocenters. The lowest BCUT2D eigenvalue weighted by atomic mass is 10.1. The Hall–Kier alpha value is -0.830. The minimum absolute atomic E-state index is 0.587. The second-order valence-electron chi connectivity index (χ2n) is 6.04. The maximum absolute atomic E-state index is 4.25. The molecule has 1 aromatic rings. The van der Waals surface area contributed by atoms with E-state index in [1.807, 2.05) is 12.5 Å². The molecule has 1 unspecified atom stereocenters. The smallest absolute Gasteiger partial charge is 0.0951 e. The van der Waals surface area contributed by atoms with Crippen LogP contribution in [0, 0.1) is 11.3 Å². The van der Waals surface area contributed by atoms with Crippen LogP contribution in [0.5, 0.6) is 0 Å². The highest BCUT2D eigenvalue weighted by atomic mass is 15.1. The van der Waals surface area contributed by atoms with E-state index in [1.165, 1.54) is 25.0 Å². The zero-order valence-electron chi connectivity index (χ0n) is 10.2. The summed E-state index contributed by atoms with van der Waals surface area (Å²) in [6, 6.07) is 0.747. The van der Waals surface area contributed by atoms with E-state index in [0.29, 0.717) is 5.41 Å². The summed E-state index contributed by atoms with van der Waals surface area (Å²) in [5.74, 6) is 0.879. The summed E-state index contributed by atoms with van der Waals surface area (Å²) in [4.78, 5) is 4.25. The van der Waals surface area contributed by atoms with Gasteiger partial charge in [0.1, 0.15) is 0 Å². The molecule has 2 saturated carbocycles. The fraction of sp³-hybridized carbons (Fsp3) is 0.769. The van der Waals surface area contributed by atoms with E-state index < -0.39 is 0 Å². The van der Waals surface area contributed by atoms with Gasteiger partial charge in [0.15, 0.2) is 0 Å². The van der Waals surface area contributed by atoms with Crippen LogP contribution < -0.4 is 5.32 Å². The summed E-state index contributed by atoms with van der Waals surface area (Å²) in [6.45, 7) is 6.84. The van der Waals surface area contributed by atoms with Crippen molar-refractivity contribution in [2.45, 2.75) is 45.7 Å². The Bertz CT molecular complexity index is 376.